The van der Waals surface area contributed by atoms with Crippen molar-refractivity contribution < 1.29 is 0 Å². The molecule has 21 heavy (non-hydrogen) atoms. The molecule has 6 heteroatoms. The molecule has 0 spiro atoms. The molecule has 0 bridgehead atoms. The van der Waals surface area contributed by atoms with Crippen molar-refractivity contribution in [3.8, 4) is 0 Å². The van der Waals surface area contributed by atoms with Gasteiger partial charge in [-0.2, -0.15) is 5.10 Å². The first-order chi connectivity index (χ1) is 9.99. The highest BCUT2D eigenvalue weighted by atomic mass is 35.5. The fourth-order valence-electron chi connectivity index (χ4n) is 2.28. The molecular weight excluding hydrogens is 304 g/mol. The maximum absolute atomic E-state index is 6.13. The second-order valence-electron chi connectivity index (χ2n) is 4.96. The van der Waals surface area contributed by atoms with Crippen LogP contribution < -0.4 is 11.1 Å². The van der Waals surface area contributed by atoms with Crippen molar-refractivity contribution in [1.82, 2.24) is 9.78 Å². The summed E-state index contributed by atoms with van der Waals surface area (Å²) in [6.45, 7) is 5.74. The number of aromatic nitrogens is 2. The van der Waals surface area contributed by atoms with E-state index < -0.39 is 0 Å². The molecular formula is C15H19ClN4S. The predicted octanol–water partition coefficient (Wildman–Crippen LogP) is 3.29. The third-order valence-corrected chi connectivity index (χ3v) is 3.74. The molecule has 2 aromatic rings. The van der Waals surface area contributed by atoms with Crippen molar-refractivity contribution in [3.63, 3.8) is 0 Å². The number of anilines is 1. The molecule has 0 aliphatic rings. The normalized spacial score (nSPS) is 10.6. The molecule has 0 atom stereocenters. The van der Waals surface area contributed by atoms with E-state index in [4.69, 9.17) is 29.6 Å². The molecule has 1 heterocycles. The number of nitrogens with zero attached hydrogens (tertiary/aromatic N) is 2. The van der Waals surface area contributed by atoms with Gasteiger partial charge in [0.25, 0.3) is 0 Å². The minimum absolute atomic E-state index is 0.307. The Morgan fingerprint density at radius 2 is 2.19 bits per heavy atom. The molecule has 1 aromatic heterocycles. The Balaban J connectivity index is 1.94. The average Bonchev–Trinajstić information content (AvgIpc) is 2.72. The van der Waals surface area contributed by atoms with Gasteiger partial charge in [-0.05, 0) is 38.5 Å². The van der Waals surface area contributed by atoms with Crippen molar-refractivity contribution in [2.75, 3.05) is 11.9 Å². The summed E-state index contributed by atoms with van der Waals surface area (Å²) >= 11 is 11.2. The fraction of sp³-hybridized carbons (Fsp3) is 0.333. The van der Waals surface area contributed by atoms with E-state index >= 15 is 0 Å². The van der Waals surface area contributed by atoms with Crippen LogP contribution in [0.2, 0.25) is 5.02 Å². The second kappa shape index (κ2) is 6.91. The minimum Gasteiger partial charge on any atom is -0.389 e. The van der Waals surface area contributed by atoms with Crippen molar-refractivity contribution in [2.24, 2.45) is 5.73 Å². The van der Waals surface area contributed by atoms with Crippen LogP contribution in [0.5, 0.6) is 0 Å². The van der Waals surface area contributed by atoms with Crippen LogP contribution in [0.3, 0.4) is 0 Å². The Morgan fingerprint density at radius 1 is 1.43 bits per heavy atom. The second-order valence-corrected chi connectivity index (χ2v) is 5.80. The van der Waals surface area contributed by atoms with Crippen molar-refractivity contribution in [3.05, 3.63) is 46.2 Å². The number of halogens is 1. The average molecular weight is 323 g/mol. The van der Waals surface area contributed by atoms with E-state index in [0.717, 1.165) is 30.9 Å². The van der Waals surface area contributed by atoms with E-state index in [2.05, 4.69) is 23.4 Å². The summed E-state index contributed by atoms with van der Waals surface area (Å²) in [6.07, 6.45) is 0.950. The van der Waals surface area contributed by atoms with E-state index in [0.29, 0.717) is 15.6 Å². The first-order valence-electron chi connectivity index (χ1n) is 6.82. The van der Waals surface area contributed by atoms with E-state index in [-0.39, 0.29) is 0 Å². The lowest BCUT2D eigenvalue weighted by Crippen LogP contribution is -2.15. The summed E-state index contributed by atoms with van der Waals surface area (Å²) in [5.74, 6) is 0. The van der Waals surface area contributed by atoms with Gasteiger partial charge >= 0.3 is 0 Å². The lowest BCUT2D eigenvalue weighted by atomic mass is 10.1. The predicted molar refractivity (Wildman–Crippen MR) is 92.1 cm³/mol. The third-order valence-electron chi connectivity index (χ3n) is 3.23. The number of hydrogen-bond donors (Lipinski definition) is 2. The summed E-state index contributed by atoms with van der Waals surface area (Å²) in [4.78, 5) is 0.307. The zero-order valence-electron chi connectivity index (χ0n) is 12.2. The molecule has 0 radical (unpaired) electrons. The molecule has 0 amide bonds. The van der Waals surface area contributed by atoms with Gasteiger partial charge in [-0.3, -0.25) is 4.68 Å². The standard InChI is InChI=1S/C15H19ClN4S/c1-10-9-11(2)20(19-10)8-4-7-18-13-6-3-5-12(16)14(13)15(17)21/h3,5-6,9,18H,4,7-8H2,1-2H3,(H2,17,21). The molecule has 2 rings (SSSR count). The molecule has 4 nitrogen and oxygen atoms in total. The molecule has 112 valence electrons. The van der Waals surface area contributed by atoms with Crippen LogP contribution in [0.15, 0.2) is 24.3 Å². The van der Waals surface area contributed by atoms with Gasteiger partial charge in [-0.25, -0.2) is 0 Å². The molecule has 0 saturated heterocycles. The maximum atomic E-state index is 6.13. The largest absolute Gasteiger partial charge is 0.389 e. The summed E-state index contributed by atoms with van der Waals surface area (Å²) in [6, 6.07) is 7.68. The molecule has 0 fully saturated rings. The lowest BCUT2D eigenvalue weighted by molar-refractivity contribution is 0.574. The van der Waals surface area contributed by atoms with Gasteiger partial charge in [0.2, 0.25) is 0 Å². The van der Waals surface area contributed by atoms with Crippen LogP contribution in [0, 0.1) is 13.8 Å². The number of benzene rings is 1. The topological polar surface area (TPSA) is 55.9 Å². The van der Waals surface area contributed by atoms with Crippen LogP contribution in [-0.2, 0) is 6.54 Å². The minimum atomic E-state index is 0.307. The van der Waals surface area contributed by atoms with Crippen LogP contribution in [0.4, 0.5) is 5.69 Å². The van der Waals surface area contributed by atoms with Crippen molar-refractivity contribution in [2.45, 2.75) is 26.8 Å². The smallest absolute Gasteiger partial charge is 0.107 e. The van der Waals surface area contributed by atoms with Crippen molar-refractivity contribution >= 4 is 34.5 Å². The first kappa shape index (κ1) is 15.8. The highest BCUT2D eigenvalue weighted by Crippen LogP contribution is 2.24. The third kappa shape index (κ3) is 3.95. The Kier molecular flexibility index (Phi) is 5.20. The maximum Gasteiger partial charge on any atom is 0.107 e. The van der Waals surface area contributed by atoms with Gasteiger partial charge in [-0.1, -0.05) is 29.9 Å². The number of hydrogen-bond acceptors (Lipinski definition) is 3. The van der Waals surface area contributed by atoms with E-state index in [1.165, 1.54) is 5.69 Å². The molecule has 3 N–H and O–H groups in total. The van der Waals surface area contributed by atoms with E-state index in [9.17, 15) is 0 Å². The Bertz CT molecular complexity index is 651. The van der Waals surface area contributed by atoms with Crippen molar-refractivity contribution in [1.29, 1.82) is 0 Å². The first-order valence-corrected chi connectivity index (χ1v) is 7.61. The van der Waals surface area contributed by atoms with Gasteiger partial charge in [-0.15, -0.1) is 0 Å². The zero-order chi connectivity index (χ0) is 15.4. The zero-order valence-corrected chi connectivity index (χ0v) is 13.8. The quantitative estimate of drug-likeness (QED) is 0.633. The summed E-state index contributed by atoms with van der Waals surface area (Å²) in [5.41, 5.74) is 9.54. The van der Waals surface area contributed by atoms with Crippen LogP contribution in [-0.4, -0.2) is 21.3 Å². The number of rotatable bonds is 6. The van der Waals surface area contributed by atoms with E-state index in [1.54, 1.807) is 6.07 Å². The Labute approximate surface area is 135 Å². The van der Waals surface area contributed by atoms with Gasteiger partial charge < -0.3 is 11.1 Å². The van der Waals surface area contributed by atoms with Gasteiger partial charge in [0, 0.05) is 24.5 Å². The van der Waals surface area contributed by atoms with Gasteiger partial charge in [0.05, 0.1) is 16.3 Å². The SMILES string of the molecule is Cc1cc(C)n(CCCNc2cccc(Cl)c2C(N)=S)n1. The molecule has 0 unspecified atom stereocenters. The monoisotopic (exact) mass is 322 g/mol. The molecule has 0 saturated carbocycles. The van der Waals surface area contributed by atoms with Crippen LogP contribution in [0.25, 0.3) is 0 Å². The lowest BCUT2D eigenvalue weighted by Gasteiger charge is -2.12. The van der Waals surface area contributed by atoms with Crippen LogP contribution in [0.1, 0.15) is 23.4 Å². The fourth-order valence-corrected chi connectivity index (χ4v) is 2.83. The number of aryl methyl sites for hydroxylation is 3. The number of thiocarbonyl (C=S) groups is 1. The summed E-state index contributed by atoms with van der Waals surface area (Å²) < 4.78 is 2.02. The van der Waals surface area contributed by atoms with Crippen LogP contribution >= 0.6 is 23.8 Å². The summed E-state index contributed by atoms with van der Waals surface area (Å²) in [7, 11) is 0. The molecule has 0 aliphatic heterocycles. The highest BCUT2D eigenvalue weighted by Gasteiger charge is 2.09. The summed E-state index contributed by atoms with van der Waals surface area (Å²) in [5, 5.41) is 8.36. The molecule has 1 aromatic carbocycles. The highest BCUT2D eigenvalue weighted by molar-refractivity contribution is 7.80. The number of nitrogens with two attached hydrogens (primary N) is 1. The van der Waals surface area contributed by atoms with Gasteiger partial charge in [0.15, 0.2) is 0 Å². The van der Waals surface area contributed by atoms with E-state index in [1.807, 2.05) is 23.7 Å². The molecule has 0 aliphatic carbocycles. The number of nitrogens with one attached hydrogen (secondary N) is 1. The van der Waals surface area contributed by atoms with Gasteiger partial charge in [0.1, 0.15) is 4.99 Å². The Hall–Kier alpha value is -1.59. The Morgan fingerprint density at radius 3 is 2.81 bits per heavy atom.